The highest BCUT2D eigenvalue weighted by Gasteiger charge is 2.25. The average molecular weight is 273 g/mol. The van der Waals surface area contributed by atoms with Crippen LogP contribution < -0.4 is 5.73 Å². The SMILES string of the molecule is COC1CCCC(c2nc3c(C(N)=O)cccc3[nH]2)C1. The van der Waals surface area contributed by atoms with Crippen LogP contribution in [0.4, 0.5) is 0 Å². The van der Waals surface area contributed by atoms with Crippen LogP contribution in [-0.4, -0.2) is 29.1 Å². The van der Waals surface area contributed by atoms with Crippen LogP contribution >= 0.6 is 0 Å². The van der Waals surface area contributed by atoms with Crippen molar-refractivity contribution in [2.24, 2.45) is 5.73 Å². The van der Waals surface area contributed by atoms with Gasteiger partial charge in [-0.1, -0.05) is 12.5 Å². The number of imidazole rings is 1. The predicted octanol–water partition coefficient (Wildman–Crippen LogP) is 2.33. The summed E-state index contributed by atoms with van der Waals surface area (Å²) in [6.45, 7) is 0. The molecule has 106 valence electrons. The van der Waals surface area contributed by atoms with Gasteiger partial charge >= 0.3 is 0 Å². The van der Waals surface area contributed by atoms with Crippen molar-refractivity contribution in [2.45, 2.75) is 37.7 Å². The average Bonchev–Trinajstić information content (AvgIpc) is 2.91. The molecule has 1 aromatic heterocycles. The Kier molecular flexibility index (Phi) is 3.44. The van der Waals surface area contributed by atoms with Crippen molar-refractivity contribution < 1.29 is 9.53 Å². The first-order chi connectivity index (χ1) is 9.69. The summed E-state index contributed by atoms with van der Waals surface area (Å²) in [6.07, 6.45) is 4.63. The molecule has 2 atom stereocenters. The van der Waals surface area contributed by atoms with Gasteiger partial charge in [0.2, 0.25) is 0 Å². The fourth-order valence-electron chi connectivity index (χ4n) is 3.05. The molecular formula is C15H19N3O2. The lowest BCUT2D eigenvalue weighted by Gasteiger charge is -2.26. The number of amides is 1. The first-order valence-corrected chi connectivity index (χ1v) is 7.00. The number of hydrogen-bond donors (Lipinski definition) is 2. The van der Waals surface area contributed by atoms with E-state index < -0.39 is 5.91 Å². The van der Waals surface area contributed by atoms with Crippen molar-refractivity contribution in [1.82, 2.24) is 9.97 Å². The topological polar surface area (TPSA) is 81.0 Å². The number of methoxy groups -OCH3 is 1. The molecule has 5 nitrogen and oxygen atoms in total. The lowest BCUT2D eigenvalue weighted by Crippen LogP contribution is -2.21. The number of para-hydroxylation sites is 1. The number of carbonyl (C=O) groups is 1. The maximum absolute atomic E-state index is 11.4. The zero-order valence-electron chi connectivity index (χ0n) is 11.6. The smallest absolute Gasteiger partial charge is 0.250 e. The summed E-state index contributed by atoms with van der Waals surface area (Å²) in [4.78, 5) is 19.4. The molecule has 2 unspecified atom stereocenters. The molecule has 0 aliphatic heterocycles. The van der Waals surface area contributed by atoms with Crippen LogP contribution in [0.5, 0.6) is 0 Å². The molecule has 3 N–H and O–H groups in total. The monoisotopic (exact) mass is 273 g/mol. The van der Waals surface area contributed by atoms with Crippen molar-refractivity contribution in [3.63, 3.8) is 0 Å². The molecule has 1 saturated carbocycles. The number of aromatic nitrogens is 2. The summed E-state index contributed by atoms with van der Waals surface area (Å²) < 4.78 is 5.46. The van der Waals surface area contributed by atoms with Gasteiger partial charge < -0.3 is 15.5 Å². The van der Waals surface area contributed by atoms with Crippen LogP contribution in [0.1, 0.15) is 47.8 Å². The first kappa shape index (κ1) is 13.1. The van der Waals surface area contributed by atoms with Crippen molar-refractivity contribution >= 4 is 16.9 Å². The Morgan fingerprint density at radius 1 is 1.45 bits per heavy atom. The van der Waals surface area contributed by atoms with Crippen molar-refractivity contribution in [3.05, 3.63) is 29.6 Å². The number of nitrogens with two attached hydrogens (primary N) is 1. The highest BCUT2D eigenvalue weighted by Crippen LogP contribution is 2.33. The molecule has 1 aromatic carbocycles. The third-order valence-electron chi connectivity index (χ3n) is 4.14. The molecule has 2 aromatic rings. The van der Waals surface area contributed by atoms with Crippen molar-refractivity contribution in [1.29, 1.82) is 0 Å². The lowest BCUT2D eigenvalue weighted by atomic mass is 9.87. The van der Waals surface area contributed by atoms with E-state index in [1.54, 1.807) is 13.2 Å². The summed E-state index contributed by atoms with van der Waals surface area (Å²) in [5, 5.41) is 0. The molecule has 0 radical (unpaired) electrons. The van der Waals surface area contributed by atoms with Crippen molar-refractivity contribution in [3.8, 4) is 0 Å². The summed E-state index contributed by atoms with van der Waals surface area (Å²) in [6, 6.07) is 5.46. The highest BCUT2D eigenvalue weighted by atomic mass is 16.5. The van der Waals surface area contributed by atoms with E-state index >= 15 is 0 Å². The van der Waals surface area contributed by atoms with E-state index in [1.807, 2.05) is 12.1 Å². The van der Waals surface area contributed by atoms with Gasteiger partial charge in [0.1, 0.15) is 11.3 Å². The minimum absolute atomic E-state index is 0.303. The molecule has 5 heteroatoms. The Morgan fingerprint density at radius 2 is 2.30 bits per heavy atom. The Balaban J connectivity index is 1.96. The summed E-state index contributed by atoms with van der Waals surface area (Å²) >= 11 is 0. The van der Waals surface area contributed by atoms with Gasteiger partial charge in [0.25, 0.3) is 5.91 Å². The molecule has 20 heavy (non-hydrogen) atoms. The molecule has 0 saturated heterocycles. The molecule has 1 aliphatic rings. The van der Waals surface area contributed by atoms with Gasteiger partial charge in [0.05, 0.1) is 17.2 Å². The maximum atomic E-state index is 11.4. The third-order valence-corrected chi connectivity index (χ3v) is 4.14. The largest absolute Gasteiger partial charge is 0.381 e. The second-order valence-corrected chi connectivity index (χ2v) is 5.41. The van der Waals surface area contributed by atoms with Crippen LogP contribution in [0.25, 0.3) is 11.0 Å². The van der Waals surface area contributed by atoms with Crippen molar-refractivity contribution in [2.75, 3.05) is 7.11 Å². The van der Waals surface area contributed by atoms with E-state index in [1.165, 1.54) is 0 Å². The zero-order chi connectivity index (χ0) is 14.1. The zero-order valence-corrected chi connectivity index (χ0v) is 11.6. The van der Waals surface area contributed by atoms with Gasteiger partial charge in [-0.3, -0.25) is 4.79 Å². The van der Waals surface area contributed by atoms with Crippen LogP contribution in [0.15, 0.2) is 18.2 Å². The predicted molar refractivity (Wildman–Crippen MR) is 76.6 cm³/mol. The number of aromatic amines is 1. The van der Waals surface area contributed by atoms with E-state index in [-0.39, 0.29) is 0 Å². The molecule has 0 bridgehead atoms. The number of rotatable bonds is 3. The number of fused-ring (bicyclic) bond motifs is 1. The number of H-pyrrole nitrogens is 1. The van der Waals surface area contributed by atoms with Gasteiger partial charge in [-0.2, -0.15) is 0 Å². The first-order valence-electron chi connectivity index (χ1n) is 7.00. The molecule has 0 spiro atoms. The highest BCUT2D eigenvalue weighted by molar-refractivity contribution is 6.04. The Labute approximate surface area is 117 Å². The number of ether oxygens (including phenoxy) is 1. The summed E-state index contributed by atoms with van der Waals surface area (Å²) in [7, 11) is 1.76. The number of benzene rings is 1. The fourth-order valence-corrected chi connectivity index (χ4v) is 3.05. The number of nitrogens with zero attached hydrogens (tertiary/aromatic N) is 1. The van der Waals surface area contributed by atoms with Gasteiger partial charge in [0.15, 0.2) is 0 Å². The van der Waals surface area contributed by atoms with E-state index in [0.717, 1.165) is 37.0 Å². The van der Waals surface area contributed by atoms with Crippen LogP contribution in [0, 0.1) is 0 Å². The molecule has 1 heterocycles. The van der Waals surface area contributed by atoms with E-state index in [2.05, 4.69) is 9.97 Å². The Morgan fingerprint density at radius 3 is 3.05 bits per heavy atom. The Bertz CT molecular complexity index is 635. The molecule has 1 fully saturated rings. The summed E-state index contributed by atoms with van der Waals surface area (Å²) in [5.74, 6) is 0.865. The van der Waals surface area contributed by atoms with E-state index in [9.17, 15) is 4.79 Å². The number of nitrogens with one attached hydrogen (secondary N) is 1. The normalized spacial score (nSPS) is 23.1. The number of hydrogen-bond acceptors (Lipinski definition) is 3. The summed E-state index contributed by atoms with van der Waals surface area (Å²) in [5.41, 5.74) is 7.42. The molecule has 1 amide bonds. The van der Waals surface area contributed by atoms with E-state index in [0.29, 0.717) is 23.1 Å². The van der Waals surface area contributed by atoms with Gasteiger partial charge in [-0.05, 0) is 31.4 Å². The minimum atomic E-state index is -0.438. The van der Waals surface area contributed by atoms with Crippen LogP contribution in [-0.2, 0) is 4.74 Å². The minimum Gasteiger partial charge on any atom is -0.381 e. The van der Waals surface area contributed by atoms with Gasteiger partial charge in [0, 0.05) is 13.0 Å². The molecule has 3 rings (SSSR count). The lowest BCUT2D eigenvalue weighted by molar-refractivity contribution is 0.0625. The third kappa shape index (κ3) is 2.29. The van der Waals surface area contributed by atoms with E-state index in [4.69, 9.17) is 10.5 Å². The number of primary amides is 1. The Hall–Kier alpha value is -1.88. The van der Waals surface area contributed by atoms with Gasteiger partial charge in [-0.15, -0.1) is 0 Å². The van der Waals surface area contributed by atoms with Gasteiger partial charge in [-0.25, -0.2) is 4.98 Å². The van der Waals surface area contributed by atoms with Crippen LogP contribution in [0.2, 0.25) is 0 Å². The quantitative estimate of drug-likeness (QED) is 0.900. The standard InChI is InChI=1S/C15H19N3O2/c1-20-10-5-2-4-9(8-10)15-17-12-7-3-6-11(14(16)19)13(12)18-15/h3,6-7,9-10H,2,4-5,8H2,1H3,(H2,16,19)(H,17,18). The second-order valence-electron chi connectivity index (χ2n) is 5.41. The maximum Gasteiger partial charge on any atom is 0.250 e. The number of carbonyl (C=O) groups excluding carboxylic acids is 1. The molecule has 1 aliphatic carbocycles. The van der Waals surface area contributed by atoms with Crippen LogP contribution in [0.3, 0.4) is 0 Å². The second kappa shape index (κ2) is 5.25. The molecular weight excluding hydrogens is 254 g/mol. The fraction of sp³-hybridized carbons (Fsp3) is 0.467.